The first kappa shape index (κ1) is 15.3. The first-order valence-electron chi connectivity index (χ1n) is 6.92. The Morgan fingerprint density at radius 3 is 3.05 bits per heavy atom. The zero-order valence-electron chi connectivity index (χ0n) is 11.5. The molecule has 112 valence electrons. The van der Waals surface area contributed by atoms with E-state index in [1.807, 2.05) is 10.7 Å². The maximum absolute atomic E-state index is 12.1. The van der Waals surface area contributed by atoms with Crippen LogP contribution in [0.25, 0.3) is 0 Å². The van der Waals surface area contributed by atoms with E-state index in [1.54, 1.807) is 6.20 Å². The number of halogens is 1. The normalized spacial score (nSPS) is 23.8. The maximum Gasteiger partial charge on any atom is 0.255 e. The van der Waals surface area contributed by atoms with E-state index in [0.717, 1.165) is 12.4 Å². The summed E-state index contributed by atoms with van der Waals surface area (Å²) in [7, 11) is 0. The molecule has 2 N–H and O–H groups in total. The van der Waals surface area contributed by atoms with Gasteiger partial charge in [-0.1, -0.05) is 0 Å². The van der Waals surface area contributed by atoms with Gasteiger partial charge in [0.1, 0.15) is 11.9 Å². The SMILES string of the molecule is CC(C1CC1)n1nccc1NC(=O)C1CNCCO1.Cl. The molecule has 2 unspecified atom stereocenters. The van der Waals surface area contributed by atoms with E-state index < -0.39 is 6.10 Å². The lowest BCUT2D eigenvalue weighted by molar-refractivity contribution is -0.128. The van der Waals surface area contributed by atoms with E-state index >= 15 is 0 Å². The molecule has 1 aromatic heterocycles. The summed E-state index contributed by atoms with van der Waals surface area (Å²) in [6.07, 6.45) is 3.83. The van der Waals surface area contributed by atoms with Gasteiger partial charge in [-0.15, -0.1) is 12.4 Å². The summed E-state index contributed by atoms with van der Waals surface area (Å²) in [5.74, 6) is 1.36. The van der Waals surface area contributed by atoms with Gasteiger partial charge in [-0.25, -0.2) is 4.68 Å². The van der Waals surface area contributed by atoms with Gasteiger partial charge in [-0.3, -0.25) is 4.79 Å². The van der Waals surface area contributed by atoms with E-state index in [1.165, 1.54) is 12.8 Å². The molecule has 1 saturated heterocycles. The van der Waals surface area contributed by atoms with Crippen molar-refractivity contribution in [1.29, 1.82) is 0 Å². The number of anilines is 1. The minimum atomic E-state index is -0.409. The number of amides is 1. The Labute approximate surface area is 124 Å². The largest absolute Gasteiger partial charge is 0.366 e. The molecule has 2 heterocycles. The number of rotatable bonds is 4. The lowest BCUT2D eigenvalue weighted by Gasteiger charge is -2.23. The molecule has 3 rings (SSSR count). The molecule has 0 radical (unpaired) electrons. The third-order valence-corrected chi connectivity index (χ3v) is 3.83. The van der Waals surface area contributed by atoms with Gasteiger partial charge in [-0.05, 0) is 25.7 Å². The van der Waals surface area contributed by atoms with Crippen molar-refractivity contribution in [2.24, 2.45) is 5.92 Å². The number of nitrogens with zero attached hydrogens (tertiary/aromatic N) is 2. The van der Waals surface area contributed by atoms with Crippen molar-refractivity contribution in [3.05, 3.63) is 12.3 Å². The second kappa shape index (κ2) is 6.56. The molecule has 2 atom stereocenters. The quantitative estimate of drug-likeness (QED) is 0.877. The second-order valence-corrected chi connectivity index (χ2v) is 5.29. The Morgan fingerprint density at radius 2 is 2.40 bits per heavy atom. The van der Waals surface area contributed by atoms with Crippen LogP contribution < -0.4 is 10.6 Å². The van der Waals surface area contributed by atoms with Gasteiger partial charge in [0.25, 0.3) is 5.91 Å². The van der Waals surface area contributed by atoms with Crippen LogP contribution in [-0.4, -0.2) is 41.5 Å². The van der Waals surface area contributed by atoms with Gasteiger partial charge < -0.3 is 15.4 Å². The van der Waals surface area contributed by atoms with Crippen molar-refractivity contribution in [1.82, 2.24) is 15.1 Å². The molecule has 1 amide bonds. The van der Waals surface area contributed by atoms with Crippen molar-refractivity contribution in [3.63, 3.8) is 0 Å². The molecule has 1 aliphatic carbocycles. The molecule has 1 aromatic rings. The smallest absolute Gasteiger partial charge is 0.255 e. The van der Waals surface area contributed by atoms with Crippen molar-refractivity contribution in [2.45, 2.75) is 31.9 Å². The Bertz CT molecular complexity index is 455. The number of carbonyl (C=O) groups excluding carboxylic acids is 1. The number of carbonyl (C=O) groups is 1. The number of ether oxygens (including phenoxy) is 1. The summed E-state index contributed by atoms with van der Waals surface area (Å²) < 4.78 is 7.35. The lowest BCUT2D eigenvalue weighted by atomic mass is 10.2. The van der Waals surface area contributed by atoms with E-state index in [4.69, 9.17) is 4.74 Å². The summed E-state index contributed by atoms with van der Waals surface area (Å²) >= 11 is 0. The van der Waals surface area contributed by atoms with Gasteiger partial charge >= 0.3 is 0 Å². The van der Waals surface area contributed by atoms with E-state index in [0.29, 0.717) is 25.1 Å². The summed E-state index contributed by atoms with van der Waals surface area (Å²) in [6, 6.07) is 2.18. The average molecular weight is 301 g/mol. The molecule has 6 nitrogen and oxygen atoms in total. The van der Waals surface area contributed by atoms with Crippen LogP contribution in [0.5, 0.6) is 0 Å². The minimum Gasteiger partial charge on any atom is -0.366 e. The standard InChI is InChI=1S/C13H20N4O2.ClH/c1-9(10-2-3-10)17-12(4-5-15-17)16-13(18)11-8-14-6-7-19-11;/h4-5,9-11,14H,2-3,6-8H2,1H3,(H,16,18);1H. The topological polar surface area (TPSA) is 68.2 Å². The predicted octanol–water partition coefficient (Wildman–Crippen LogP) is 1.20. The Kier molecular flexibility index (Phi) is 5.01. The van der Waals surface area contributed by atoms with Crippen molar-refractivity contribution in [3.8, 4) is 0 Å². The van der Waals surface area contributed by atoms with Gasteiger partial charge in [0.15, 0.2) is 0 Å². The van der Waals surface area contributed by atoms with Crippen LogP contribution >= 0.6 is 12.4 Å². The predicted molar refractivity (Wildman–Crippen MR) is 78.1 cm³/mol. The molecule has 0 bridgehead atoms. The van der Waals surface area contributed by atoms with Crippen LogP contribution in [0.1, 0.15) is 25.8 Å². The molecule has 2 fully saturated rings. The molecule has 1 aliphatic heterocycles. The third-order valence-electron chi connectivity index (χ3n) is 3.83. The van der Waals surface area contributed by atoms with Crippen LogP contribution in [0.3, 0.4) is 0 Å². The molecule has 0 spiro atoms. The van der Waals surface area contributed by atoms with Crippen molar-refractivity contribution < 1.29 is 9.53 Å². The molecule has 2 aliphatic rings. The van der Waals surface area contributed by atoms with Gasteiger partial charge in [-0.2, -0.15) is 5.10 Å². The summed E-state index contributed by atoms with van der Waals surface area (Å²) in [5, 5.41) is 10.4. The number of hydrogen-bond acceptors (Lipinski definition) is 4. The molecular weight excluding hydrogens is 280 g/mol. The number of hydrogen-bond donors (Lipinski definition) is 2. The highest BCUT2D eigenvalue weighted by Crippen LogP contribution is 2.40. The maximum atomic E-state index is 12.1. The van der Waals surface area contributed by atoms with Gasteiger partial charge in [0.2, 0.25) is 0 Å². The van der Waals surface area contributed by atoms with Crippen LogP contribution in [0.4, 0.5) is 5.82 Å². The summed E-state index contributed by atoms with van der Waals surface area (Å²) in [6.45, 7) is 4.10. The number of nitrogens with one attached hydrogen (secondary N) is 2. The van der Waals surface area contributed by atoms with Crippen molar-refractivity contribution in [2.75, 3.05) is 25.0 Å². The Morgan fingerprint density at radius 1 is 1.60 bits per heavy atom. The highest BCUT2D eigenvalue weighted by atomic mass is 35.5. The van der Waals surface area contributed by atoms with E-state index in [-0.39, 0.29) is 18.3 Å². The highest BCUT2D eigenvalue weighted by Gasteiger charge is 2.31. The second-order valence-electron chi connectivity index (χ2n) is 5.29. The first-order chi connectivity index (χ1) is 9.25. The fourth-order valence-corrected chi connectivity index (χ4v) is 2.46. The number of morpholine rings is 1. The van der Waals surface area contributed by atoms with Crippen LogP contribution in [0.15, 0.2) is 12.3 Å². The third kappa shape index (κ3) is 3.31. The van der Waals surface area contributed by atoms with Crippen LogP contribution in [-0.2, 0) is 9.53 Å². The monoisotopic (exact) mass is 300 g/mol. The fraction of sp³-hybridized carbons (Fsp3) is 0.692. The molecule has 7 heteroatoms. The minimum absolute atomic E-state index is 0. The van der Waals surface area contributed by atoms with Gasteiger partial charge in [0, 0.05) is 19.2 Å². The molecule has 1 saturated carbocycles. The molecule has 20 heavy (non-hydrogen) atoms. The lowest BCUT2D eigenvalue weighted by Crippen LogP contribution is -2.45. The van der Waals surface area contributed by atoms with Crippen molar-refractivity contribution >= 4 is 24.1 Å². The Balaban J connectivity index is 0.00000147. The fourth-order valence-electron chi connectivity index (χ4n) is 2.46. The van der Waals surface area contributed by atoms with Gasteiger partial charge in [0.05, 0.1) is 18.8 Å². The zero-order chi connectivity index (χ0) is 13.2. The summed E-state index contributed by atoms with van der Waals surface area (Å²) in [5.41, 5.74) is 0. The van der Waals surface area contributed by atoms with E-state index in [9.17, 15) is 4.79 Å². The number of aromatic nitrogens is 2. The zero-order valence-corrected chi connectivity index (χ0v) is 12.4. The first-order valence-corrected chi connectivity index (χ1v) is 6.92. The van der Waals surface area contributed by atoms with E-state index in [2.05, 4.69) is 22.7 Å². The summed E-state index contributed by atoms with van der Waals surface area (Å²) in [4.78, 5) is 12.1. The van der Waals surface area contributed by atoms with Crippen LogP contribution in [0.2, 0.25) is 0 Å². The Hall–Kier alpha value is -1.11. The van der Waals surface area contributed by atoms with Crippen LogP contribution in [0, 0.1) is 5.92 Å². The average Bonchev–Trinajstić information content (AvgIpc) is 3.19. The highest BCUT2D eigenvalue weighted by molar-refractivity contribution is 5.93. The molecule has 0 aromatic carbocycles. The molecular formula is C13H21ClN4O2.